The van der Waals surface area contributed by atoms with E-state index in [0.717, 1.165) is 31.2 Å². The van der Waals surface area contributed by atoms with Crippen LogP contribution in [0.4, 0.5) is 30.7 Å². The minimum atomic E-state index is -5.28. The highest BCUT2D eigenvalue weighted by atomic mass is 19.4. The van der Waals surface area contributed by atoms with E-state index in [1.165, 1.54) is 12.1 Å². The lowest BCUT2D eigenvalue weighted by atomic mass is 9.85. The van der Waals surface area contributed by atoms with Crippen LogP contribution in [0, 0.1) is 23.3 Å². The van der Waals surface area contributed by atoms with Gasteiger partial charge in [0.05, 0.1) is 0 Å². The van der Waals surface area contributed by atoms with Crippen molar-refractivity contribution >= 4 is 5.57 Å². The molecule has 1 aliphatic rings. The van der Waals surface area contributed by atoms with Crippen LogP contribution in [0.1, 0.15) is 48.4 Å². The van der Waals surface area contributed by atoms with Crippen molar-refractivity contribution in [3.8, 4) is 16.9 Å². The second kappa shape index (κ2) is 10.4. The van der Waals surface area contributed by atoms with Crippen LogP contribution in [0.3, 0.4) is 0 Å². The van der Waals surface area contributed by atoms with Gasteiger partial charge in [0.25, 0.3) is 0 Å². The molecular formula is C28H23F7O. The quantitative estimate of drug-likeness (QED) is 0.229. The van der Waals surface area contributed by atoms with Crippen molar-refractivity contribution in [2.75, 3.05) is 0 Å². The lowest BCUT2D eigenvalue weighted by Crippen LogP contribution is -2.19. The molecule has 190 valence electrons. The number of hydrogen-bond donors (Lipinski definition) is 0. The maximum Gasteiger partial charge on any atom is 0.573 e. The summed E-state index contributed by atoms with van der Waals surface area (Å²) in [5.41, 5.74) is 2.52. The molecule has 1 nitrogen and oxygen atoms in total. The van der Waals surface area contributed by atoms with Gasteiger partial charge < -0.3 is 4.74 Å². The molecule has 0 fully saturated rings. The zero-order valence-corrected chi connectivity index (χ0v) is 19.4. The molecule has 8 heteroatoms. The second-order valence-electron chi connectivity index (χ2n) is 8.76. The Labute approximate surface area is 204 Å². The Hall–Kier alpha value is -3.29. The van der Waals surface area contributed by atoms with Gasteiger partial charge in [0.2, 0.25) is 5.75 Å². The molecule has 0 saturated heterocycles. The molecule has 0 heterocycles. The third-order valence-electron chi connectivity index (χ3n) is 6.25. The van der Waals surface area contributed by atoms with Gasteiger partial charge in [-0.15, -0.1) is 13.2 Å². The van der Waals surface area contributed by atoms with E-state index in [2.05, 4.69) is 11.7 Å². The zero-order valence-electron chi connectivity index (χ0n) is 19.4. The van der Waals surface area contributed by atoms with Crippen molar-refractivity contribution in [1.29, 1.82) is 0 Å². The molecule has 0 aromatic heterocycles. The van der Waals surface area contributed by atoms with Crippen LogP contribution >= 0.6 is 0 Å². The van der Waals surface area contributed by atoms with Crippen LogP contribution < -0.4 is 4.74 Å². The molecule has 0 atom stereocenters. The minimum absolute atomic E-state index is 0.127. The molecule has 4 rings (SSSR count). The van der Waals surface area contributed by atoms with Crippen LogP contribution in [0.2, 0.25) is 0 Å². The number of fused-ring (bicyclic) bond motifs is 1. The number of ether oxygens (including phenoxy) is 1. The van der Waals surface area contributed by atoms with E-state index in [1.54, 1.807) is 18.2 Å². The summed E-state index contributed by atoms with van der Waals surface area (Å²) in [4.78, 5) is 0. The smallest absolute Gasteiger partial charge is 0.399 e. The van der Waals surface area contributed by atoms with E-state index in [1.807, 2.05) is 6.07 Å². The molecule has 36 heavy (non-hydrogen) atoms. The highest BCUT2D eigenvalue weighted by molar-refractivity contribution is 5.74. The average molecular weight is 508 g/mol. The fourth-order valence-electron chi connectivity index (χ4n) is 4.46. The van der Waals surface area contributed by atoms with Crippen molar-refractivity contribution in [2.45, 2.75) is 51.8 Å². The van der Waals surface area contributed by atoms with Crippen LogP contribution in [0.5, 0.6) is 5.75 Å². The molecule has 0 saturated carbocycles. The summed E-state index contributed by atoms with van der Waals surface area (Å²) in [5.74, 6) is -5.89. The number of alkyl halides is 3. The van der Waals surface area contributed by atoms with Gasteiger partial charge in [0, 0.05) is 11.1 Å². The Morgan fingerprint density at radius 3 is 2.17 bits per heavy atom. The largest absolute Gasteiger partial charge is 0.573 e. The fourth-order valence-corrected chi connectivity index (χ4v) is 4.46. The van der Waals surface area contributed by atoms with E-state index in [9.17, 15) is 26.3 Å². The van der Waals surface area contributed by atoms with Crippen molar-refractivity contribution in [3.05, 3.63) is 94.1 Å². The summed E-state index contributed by atoms with van der Waals surface area (Å²) in [6.07, 6.45) is 0.758. The second-order valence-corrected chi connectivity index (χ2v) is 8.76. The predicted molar refractivity (Wildman–Crippen MR) is 123 cm³/mol. The Morgan fingerprint density at radius 1 is 0.833 bits per heavy atom. The topological polar surface area (TPSA) is 9.23 Å². The molecule has 0 radical (unpaired) electrons. The molecule has 3 aromatic rings. The minimum Gasteiger partial charge on any atom is -0.399 e. The number of halogens is 7. The van der Waals surface area contributed by atoms with Gasteiger partial charge >= 0.3 is 6.36 Å². The summed E-state index contributed by atoms with van der Waals surface area (Å²) in [7, 11) is 0. The SMILES string of the molecule is CCCCCc1ccc(C2=CCc3c(ccc(-c4cc(F)c(OC(F)(F)F)c(F)c4)c3F)C2)c(F)c1. The molecule has 0 N–H and O–H groups in total. The number of benzene rings is 3. The number of unbranched alkanes of at least 4 members (excludes halogenated alkanes) is 2. The average Bonchev–Trinajstić information content (AvgIpc) is 2.81. The Balaban J connectivity index is 1.59. The van der Waals surface area contributed by atoms with Gasteiger partial charge in [-0.1, -0.05) is 50.1 Å². The van der Waals surface area contributed by atoms with Gasteiger partial charge in [-0.3, -0.25) is 0 Å². The number of allylic oxidation sites excluding steroid dienone is 2. The van der Waals surface area contributed by atoms with Crippen molar-refractivity contribution in [1.82, 2.24) is 0 Å². The zero-order chi connectivity index (χ0) is 26.0. The first-order valence-corrected chi connectivity index (χ1v) is 11.6. The van der Waals surface area contributed by atoms with Gasteiger partial charge in [0.15, 0.2) is 11.6 Å². The van der Waals surface area contributed by atoms with Crippen molar-refractivity contribution in [2.24, 2.45) is 0 Å². The van der Waals surface area contributed by atoms with Gasteiger partial charge in [-0.25, -0.2) is 17.6 Å². The van der Waals surface area contributed by atoms with Crippen LogP contribution in [0.25, 0.3) is 16.7 Å². The number of aryl methyl sites for hydroxylation is 1. The Kier molecular flexibility index (Phi) is 7.43. The summed E-state index contributed by atoms with van der Waals surface area (Å²) >= 11 is 0. The van der Waals surface area contributed by atoms with E-state index in [-0.39, 0.29) is 35.3 Å². The molecule has 1 aliphatic carbocycles. The lowest BCUT2D eigenvalue weighted by Gasteiger charge is -2.20. The molecule has 0 spiro atoms. The molecule has 0 amide bonds. The normalized spacial score (nSPS) is 13.4. The van der Waals surface area contributed by atoms with Gasteiger partial charge in [-0.05, 0) is 71.7 Å². The molecule has 0 bridgehead atoms. The number of hydrogen-bond acceptors (Lipinski definition) is 1. The van der Waals surface area contributed by atoms with Crippen molar-refractivity contribution in [3.63, 3.8) is 0 Å². The van der Waals surface area contributed by atoms with Gasteiger partial charge in [-0.2, -0.15) is 0 Å². The molecule has 3 aromatic carbocycles. The summed E-state index contributed by atoms with van der Waals surface area (Å²) < 4.78 is 99.0. The van der Waals surface area contributed by atoms with E-state index < -0.39 is 29.6 Å². The molecule has 0 unspecified atom stereocenters. The number of rotatable bonds is 7. The van der Waals surface area contributed by atoms with Gasteiger partial charge in [0.1, 0.15) is 11.6 Å². The maximum absolute atomic E-state index is 15.3. The lowest BCUT2D eigenvalue weighted by molar-refractivity contribution is -0.276. The van der Waals surface area contributed by atoms with E-state index >= 15 is 4.39 Å². The highest BCUT2D eigenvalue weighted by Gasteiger charge is 2.34. The summed E-state index contributed by atoms with van der Waals surface area (Å²) in [5, 5.41) is 0. The Morgan fingerprint density at radius 2 is 1.53 bits per heavy atom. The van der Waals surface area contributed by atoms with E-state index in [0.29, 0.717) is 28.8 Å². The third kappa shape index (κ3) is 5.58. The molecular weight excluding hydrogens is 485 g/mol. The Bertz CT molecular complexity index is 1280. The standard InChI is InChI=1S/C28H23F7O/c1-2-3-4-5-16-6-9-20(23(29)12-16)17-7-10-21-18(13-17)8-11-22(26(21)32)19-14-24(30)27(25(31)15-19)36-28(33,34)35/h6-9,11-12,14-15H,2-5,10,13H2,1H3. The summed E-state index contributed by atoms with van der Waals surface area (Å²) in [6.45, 7) is 2.10. The van der Waals surface area contributed by atoms with Crippen molar-refractivity contribution < 1.29 is 35.5 Å². The van der Waals surface area contributed by atoms with E-state index in [4.69, 9.17) is 0 Å². The first-order valence-electron chi connectivity index (χ1n) is 11.6. The third-order valence-corrected chi connectivity index (χ3v) is 6.25. The fraction of sp³-hybridized carbons (Fsp3) is 0.286. The van der Waals surface area contributed by atoms with Crippen LogP contribution in [-0.2, 0) is 19.3 Å². The first-order chi connectivity index (χ1) is 17.1. The van der Waals surface area contributed by atoms with Crippen LogP contribution in [-0.4, -0.2) is 6.36 Å². The predicted octanol–water partition coefficient (Wildman–Crippen LogP) is 8.72. The maximum atomic E-state index is 15.3. The highest BCUT2D eigenvalue weighted by Crippen LogP contribution is 2.37. The van der Waals surface area contributed by atoms with Crippen LogP contribution in [0.15, 0.2) is 48.5 Å². The monoisotopic (exact) mass is 508 g/mol. The molecule has 0 aliphatic heterocycles. The summed E-state index contributed by atoms with van der Waals surface area (Å²) in [6, 6.07) is 9.22. The first kappa shape index (κ1) is 25.8.